The number of likely N-dealkylation sites (tertiary alicyclic amines) is 1. The molecule has 1 amide bonds. The molecule has 3 aliphatic carbocycles. The van der Waals surface area contributed by atoms with Crippen LogP contribution < -0.4 is 4.31 Å². The maximum absolute atomic E-state index is 14.8. The number of hydrogen-bond acceptors (Lipinski definition) is 6. The molecule has 6 rings (SSSR count). The average molecular weight is 607 g/mol. The van der Waals surface area contributed by atoms with Gasteiger partial charge in [-0.1, -0.05) is 56.7 Å². The molecule has 4 aliphatic rings. The van der Waals surface area contributed by atoms with Crippen LogP contribution in [0.5, 0.6) is 0 Å². The first-order valence-corrected chi connectivity index (χ1v) is 16.8. The largest absolute Gasteiger partial charge is 0.443 e. The van der Waals surface area contributed by atoms with Crippen molar-refractivity contribution in [3.05, 3.63) is 59.2 Å². The molecule has 0 spiro atoms. The second kappa shape index (κ2) is 9.65. The van der Waals surface area contributed by atoms with Crippen LogP contribution in [-0.4, -0.2) is 54.7 Å². The minimum absolute atomic E-state index is 0.103. The minimum atomic E-state index is -4.10. The summed E-state index contributed by atoms with van der Waals surface area (Å²) in [6.07, 6.45) is 1.50. The van der Waals surface area contributed by atoms with Crippen molar-refractivity contribution < 1.29 is 27.5 Å². The molecule has 2 aromatic rings. The van der Waals surface area contributed by atoms with Gasteiger partial charge in [-0.3, -0.25) is 18.8 Å². The first kappa shape index (κ1) is 29.9. The molecule has 2 unspecified atom stereocenters. The molecule has 43 heavy (non-hydrogen) atoms. The van der Waals surface area contributed by atoms with Crippen LogP contribution in [0.2, 0.25) is 0 Å². The van der Waals surface area contributed by atoms with Crippen molar-refractivity contribution in [1.82, 2.24) is 4.90 Å². The predicted octanol–water partition coefficient (Wildman–Crippen LogP) is 5.90. The van der Waals surface area contributed by atoms with Gasteiger partial charge >= 0.3 is 6.09 Å². The summed E-state index contributed by atoms with van der Waals surface area (Å²) in [6.45, 7) is 13.6. The molecule has 6 atom stereocenters. The van der Waals surface area contributed by atoms with Crippen molar-refractivity contribution in [3.8, 4) is 0 Å². The number of sulfonamides is 1. The Morgan fingerprint density at radius 1 is 1.00 bits per heavy atom. The molecule has 8 nitrogen and oxygen atoms in total. The molecule has 4 fully saturated rings. The predicted molar refractivity (Wildman–Crippen MR) is 163 cm³/mol. The van der Waals surface area contributed by atoms with E-state index in [-0.39, 0.29) is 34.2 Å². The molecule has 9 heteroatoms. The van der Waals surface area contributed by atoms with Crippen LogP contribution in [-0.2, 0) is 24.3 Å². The Morgan fingerprint density at radius 2 is 1.63 bits per heavy atom. The first-order valence-electron chi connectivity index (χ1n) is 15.3. The number of carbonyl (C=O) groups is 3. The van der Waals surface area contributed by atoms with Gasteiger partial charge in [-0.25, -0.2) is 13.2 Å². The third-order valence-corrected chi connectivity index (χ3v) is 13.3. The summed E-state index contributed by atoms with van der Waals surface area (Å²) in [7, 11) is -4.10. The lowest BCUT2D eigenvalue weighted by Gasteiger charge is -2.43. The third-order valence-electron chi connectivity index (χ3n) is 11.5. The van der Waals surface area contributed by atoms with Crippen LogP contribution in [0.25, 0.3) is 0 Å². The Kier molecular flexibility index (Phi) is 6.70. The molecule has 230 valence electrons. The number of fused-ring (bicyclic) bond motifs is 3. The van der Waals surface area contributed by atoms with Gasteiger partial charge in [0.2, 0.25) is 0 Å². The van der Waals surface area contributed by atoms with E-state index in [0.29, 0.717) is 18.5 Å². The van der Waals surface area contributed by atoms with Gasteiger partial charge in [0.25, 0.3) is 10.0 Å². The lowest BCUT2D eigenvalue weighted by molar-refractivity contribution is -0.132. The fourth-order valence-electron chi connectivity index (χ4n) is 9.09. The van der Waals surface area contributed by atoms with E-state index < -0.39 is 45.3 Å². The van der Waals surface area contributed by atoms with E-state index in [1.165, 1.54) is 11.8 Å². The highest BCUT2D eigenvalue weighted by Crippen LogP contribution is 2.68. The van der Waals surface area contributed by atoms with E-state index in [2.05, 4.69) is 20.8 Å². The van der Waals surface area contributed by atoms with Crippen molar-refractivity contribution in [2.24, 2.45) is 16.7 Å². The molecule has 2 aromatic carbocycles. The van der Waals surface area contributed by atoms with Crippen molar-refractivity contribution in [1.29, 1.82) is 0 Å². The van der Waals surface area contributed by atoms with Crippen molar-refractivity contribution in [3.63, 3.8) is 0 Å². The average Bonchev–Trinajstić information content (AvgIpc) is 3.54. The van der Waals surface area contributed by atoms with Gasteiger partial charge in [-0.15, -0.1) is 0 Å². The highest BCUT2D eigenvalue weighted by molar-refractivity contribution is 7.92. The van der Waals surface area contributed by atoms with Crippen molar-refractivity contribution in [2.45, 2.75) is 109 Å². The summed E-state index contributed by atoms with van der Waals surface area (Å²) in [6, 6.07) is 11.2. The SMILES string of the molecule is CC(=O)C12C(=O)CCCC1N2C(=O)O[C@@H]1[C@H](N(c2c(C)cc(C)cc2C)S(=O)(=O)c2ccccc2)[C@H]2CC[C@]1(C)C2(C)C. The lowest BCUT2D eigenvalue weighted by atomic mass is 9.70. The molecular weight excluding hydrogens is 564 g/mol. The second-order valence-electron chi connectivity index (χ2n) is 14.0. The van der Waals surface area contributed by atoms with E-state index in [1.807, 2.05) is 32.9 Å². The number of ketones is 2. The standard InChI is InChI=1S/C34H42N2O6S/c1-20-18-21(2)28(22(3)19-20)36(43(40,41)24-12-9-8-10-13-24)29-25-16-17-33(7,32(25,5)6)30(29)42-31(39)35-26-14-11-15-27(38)34(26,35)23(4)37/h8-10,12-13,18-19,25-26,29-30H,11,14-17H2,1-7H3/t25-,26?,29-,30-,33+,34?,35?/m1/s1. The maximum Gasteiger partial charge on any atom is 0.411 e. The van der Waals surface area contributed by atoms with Gasteiger partial charge in [0.15, 0.2) is 17.1 Å². The third kappa shape index (κ3) is 3.92. The zero-order valence-electron chi connectivity index (χ0n) is 26.1. The zero-order chi connectivity index (χ0) is 31.3. The molecule has 0 N–H and O–H groups in total. The van der Waals surface area contributed by atoms with Crippen LogP contribution in [0.1, 0.15) is 76.5 Å². The fraction of sp³-hybridized carbons (Fsp3) is 0.559. The number of ether oxygens (including phenoxy) is 1. The molecular formula is C34H42N2O6S. The smallest absolute Gasteiger partial charge is 0.411 e. The lowest BCUT2D eigenvalue weighted by Crippen LogP contribution is -2.54. The van der Waals surface area contributed by atoms with Gasteiger partial charge < -0.3 is 4.74 Å². The maximum atomic E-state index is 14.8. The van der Waals surface area contributed by atoms with Gasteiger partial charge in [0.05, 0.1) is 22.7 Å². The van der Waals surface area contributed by atoms with E-state index in [4.69, 9.17) is 4.74 Å². The van der Waals surface area contributed by atoms with E-state index in [0.717, 1.165) is 29.5 Å². The number of Topliss-reactive ketones (excluding diaryl/α,β-unsaturated/α-hetero) is 2. The Labute approximate surface area is 254 Å². The first-order chi connectivity index (χ1) is 20.1. The van der Waals surface area contributed by atoms with E-state index in [1.54, 1.807) is 34.6 Å². The van der Waals surface area contributed by atoms with Gasteiger partial charge in [0.1, 0.15) is 6.10 Å². The Morgan fingerprint density at radius 3 is 2.21 bits per heavy atom. The number of rotatable bonds is 6. The zero-order valence-corrected chi connectivity index (χ0v) is 27.0. The summed E-state index contributed by atoms with van der Waals surface area (Å²) in [5.74, 6) is -0.674. The number of carbonyl (C=O) groups excluding carboxylic acids is 3. The monoisotopic (exact) mass is 606 g/mol. The Balaban J connectivity index is 1.50. The van der Waals surface area contributed by atoms with Crippen LogP contribution in [0.4, 0.5) is 10.5 Å². The second-order valence-corrected chi connectivity index (χ2v) is 15.8. The topological polar surface area (TPSA) is 101 Å². The summed E-state index contributed by atoms with van der Waals surface area (Å²) >= 11 is 0. The summed E-state index contributed by atoms with van der Waals surface area (Å²) < 4.78 is 37.5. The fourth-order valence-corrected chi connectivity index (χ4v) is 10.9. The molecule has 3 saturated carbocycles. The molecule has 0 aromatic heterocycles. The Hall–Kier alpha value is -3.20. The number of nitrogens with zero attached hydrogens (tertiary/aromatic N) is 2. The number of aryl methyl sites for hydroxylation is 3. The van der Waals surface area contributed by atoms with E-state index in [9.17, 15) is 22.8 Å². The molecule has 1 saturated heterocycles. The molecule has 1 heterocycles. The highest BCUT2D eigenvalue weighted by Gasteiger charge is 2.76. The van der Waals surface area contributed by atoms with Crippen LogP contribution in [0, 0.1) is 37.5 Å². The molecule has 1 aliphatic heterocycles. The molecule has 0 radical (unpaired) electrons. The summed E-state index contributed by atoms with van der Waals surface area (Å²) in [5, 5.41) is 0. The Bertz CT molecular complexity index is 1610. The number of hydrogen-bond donors (Lipinski definition) is 0. The number of benzene rings is 2. The number of amides is 1. The van der Waals surface area contributed by atoms with Crippen LogP contribution in [0.15, 0.2) is 47.4 Å². The van der Waals surface area contributed by atoms with Crippen molar-refractivity contribution in [2.75, 3.05) is 4.31 Å². The highest BCUT2D eigenvalue weighted by atomic mass is 32.2. The van der Waals surface area contributed by atoms with Crippen LogP contribution >= 0.6 is 0 Å². The normalized spacial score (nSPS) is 32.3. The van der Waals surface area contributed by atoms with Crippen molar-refractivity contribution >= 4 is 33.4 Å². The quantitative estimate of drug-likeness (QED) is 0.300. The summed E-state index contributed by atoms with van der Waals surface area (Å²) in [4.78, 5) is 41.4. The van der Waals surface area contributed by atoms with Gasteiger partial charge in [-0.2, -0.15) is 0 Å². The molecule has 2 bridgehead atoms. The summed E-state index contributed by atoms with van der Waals surface area (Å²) in [5.41, 5.74) is 0.934. The minimum Gasteiger partial charge on any atom is -0.443 e. The van der Waals surface area contributed by atoms with E-state index >= 15 is 0 Å². The van der Waals surface area contributed by atoms with Gasteiger partial charge in [-0.05, 0) is 88.0 Å². The number of anilines is 1. The van der Waals surface area contributed by atoms with Crippen LogP contribution in [0.3, 0.4) is 0 Å². The van der Waals surface area contributed by atoms with Gasteiger partial charge in [0, 0.05) is 11.8 Å².